The van der Waals surface area contributed by atoms with E-state index in [0.717, 1.165) is 11.1 Å². The molecule has 1 amide bonds. The summed E-state index contributed by atoms with van der Waals surface area (Å²) in [6, 6.07) is 21.5. The summed E-state index contributed by atoms with van der Waals surface area (Å²) in [6.07, 6.45) is 0. The maximum Gasteiger partial charge on any atom is 0.257 e. The van der Waals surface area contributed by atoms with E-state index in [-0.39, 0.29) is 28.6 Å². The van der Waals surface area contributed by atoms with Gasteiger partial charge in [0.25, 0.3) is 5.91 Å². The quantitative estimate of drug-likeness (QED) is 0.621. The maximum absolute atomic E-state index is 12.9. The summed E-state index contributed by atoms with van der Waals surface area (Å²) in [5, 5.41) is 2.96. The monoisotopic (exact) mass is 456 g/mol. The third-order valence-electron chi connectivity index (χ3n) is 5.04. The molecule has 31 heavy (non-hydrogen) atoms. The van der Waals surface area contributed by atoms with E-state index in [1.807, 2.05) is 42.5 Å². The topological polar surface area (TPSA) is 75.7 Å². The van der Waals surface area contributed by atoms with E-state index in [9.17, 15) is 13.2 Å². The first kappa shape index (κ1) is 21.5. The van der Waals surface area contributed by atoms with Crippen LogP contribution in [0.1, 0.15) is 10.4 Å². The Morgan fingerprint density at radius 1 is 0.903 bits per heavy atom. The van der Waals surface area contributed by atoms with Crippen molar-refractivity contribution in [1.82, 2.24) is 4.31 Å². The van der Waals surface area contributed by atoms with Crippen LogP contribution in [0.25, 0.3) is 11.1 Å². The highest BCUT2D eigenvalue weighted by molar-refractivity contribution is 7.89. The minimum absolute atomic E-state index is 0.0309. The highest BCUT2D eigenvalue weighted by Gasteiger charge is 2.27. The Hall–Kier alpha value is -2.71. The lowest BCUT2D eigenvalue weighted by molar-refractivity contribution is 0.0730. The number of hydrogen-bond donors (Lipinski definition) is 1. The van der Waals surface area contributed by atoms with Gasteiger partial charge in [0.1, 0.15) is 0 Å². The summed E-state index contributed by atoms with van der Waals surface area (Å²) in [5.74, 6) is -0.475. The van der Waals surface area contributed by atoms with Crippen LogP contribution in [0.5, 0.6) is 0 Å². The first-order valence-electron chi connectivity index (χ1n) is 9.79. The Morgan fingerprint density at radius 3 is 2.23 bits per heavy atom. The van der Waals surface area contributed by atoms with Gasteiger partial charge in [0, 0.05) is 18.8 Å². The van der Waals surface area contributed by atoms with Crippen LogP contribution in [0.15, 0.2) is 77.7 Å². The number of anilines is 1. The summed E-state index contributed by atoms with van der Waals surface area (Å²) in [4.78, 5) is 12.9. The molecule has 0 saturated carbocycles. The Labute approximate surface area is 186 Å². The van der Waals surface area contributed by atoms with Gasteiger partial charge in [-0.25, -0.2) is 8.42 Å². The standard InChI is InChI=1S/C23H21ClN2O4S/c24-22-11-10-20(31(28,29)26-12-14-30-15-13-26)16-21(22)23(27)25-19-8-6-18(7-9-19)17-4-2-1-3-5-17/h1-11,16H,12-15H2,(H,25,27). The number of halogens is 1. The molecule has 6 nitrogen and oxygen atoms in total. The fourth-order valence-electron chi connectivity index (χ4n) is 3.35. The van der Waals surface area contributed by atoms with E-state index >= 15 is 0 Å². The van der Waals surface area contributed by atoms with Crippen LogP contribution in [-0.2, 0) is 14.8 Å². The van der Waals surface area contributed by atoms with Crippen molar-refractivity contribution in [3.63, 3.8) is 0 Å². The smallest absolute Gasteiger partial charge is 0.257 e. The summed E-state index contributed by atoms with van der Waals surface area (Å²) < 4.78 is 32.4. The van der Waals surface area contributed by atoms with Crippen molar-refractivity contribution >= 4 is 33.2 Å². The normalized spacial score (nSPS) is 14.9. The Morgan fingerprint density at radius 2 is 1.55 bits per heavy atom. The molecule has 1 fully saturated rings. The number of morpholine rings is 1. The zero-order valence-corrected chi connectivity index (χ0v) is 18.2. The van der Waals surface area contributed by atoms with E-state index in [2.05, 4.69) is 5.32 Å². The zero-order chi connectivity index (χ0) is 21.8. The number of carbonyl (C=O) groups excluding carboxylic acids is 1. The molecule has 0 radical (unpaired) electrons. The van der Waals surface area contributed by atoms with Gasteiger partial charge in [0.05, 0.1) is 28.7 Å². The average molecular weight is 457 g/mol. The fourth-order valence-corrected chi connectivity index (χ4v) is 4.99. The first-order chi connectivity index (χ1) is 14.9. The van der Waals surface area contributed by atoms with Gasteiger partial charge in [0.15, 0.2) is 0 Å². The SMILES string of the molecule is O=C(Nc1ccc(-c2ccccc2)cc1)c1cc(S(=O)(=O)N2CCOCC2)ccc1Cl. The van der Waals surface area contributed by atoms with Crippen LogP contribution < -0.4 is 5.32 Å². The van der Waals surface area contributed by atoms with Crippen molar-refractivity contribution in [2.75, 3.05) is 31.6 Å². The molecule has 0 atom stereocenters. The summed E-state index contributed by atoms with van der Waals surface area (Å²) in [5.41, 5.74) is 2.78. The fraction of sp³-hybridized carbons (Fsp3) is 0.174. The molecule has 4 rings (SSSR count). The number of amides is 1. The molecule has 0 aromatic heterocycles. The largest absolute Gasteiger partial charge is 0.379 e. The van der Waals surface area contributed by atoms with Crippen molar-refractivity contribution in [2.45, 2.75) is 4.90 Å². The minimum Gasteiger partial charge on any atom is -0.379 e. The number of benzene rings is 3. The first-order valence-corrected chi connectivity index (χ1v) is 11.6. The van der Waals surface area contributed by atoms with Crippen LogP contribution >= 0.6 is 11.6 Å². The van der Waals surface area contributed by atoms with Gasteiger partial charge in [-0.2, -0.15) is 4.31 Å². The van der Waals surface area contributed by atoms with Crippen LogP contribution in [0.4, 0.5) is 5.69 Å². The Balaban J connectivity index is 1.54. The second-order valence-electron chi connectivity index (χ2n) is 7.06. The molecule has 0 spiro atoms. The van der Waals surface area contributed by atoms with Gasteiger partial charge in [0.2, 0.25) is 10.0 Å². The van der Waals surface area contributed by atoms with E-state index < -0.39 is 15.9 Å². The molecule has 8 heteroatoms. The molecule has 1 aliphatic rings. The molecular formula is C23H21ClN2O4S. The van der Waals surface area contributed by atoms with Crippen LogP contribution in [0.2, 0.25) is 5.02 Å². The molecule has 1 N–H and O–H groups in total. The third-order valence-corrected chi connectivity index (χ3v) is 7.26. The van der Waals surface area contributed by atoms with Crippen LogP contribution in [-0.4, -0.2) is 44.9 Å². The number of nitrogens with zero attached hydrogens (tertiary/aromatic N) is 1. The van der Waals surface area contributed by atoms with Crippen molar-refractivity contribution in [3.05, 3.63) is 83.4 Å². The lowest BCUT2D eigenvalue weighted by Crippen LogP contribution is -2.40. The van der Waals surface area contributed by atoms with Crippen molar-refractivity contribution in [2.24, 2.45) is 0 Å². The lowest BCUT2D eigenvalue weighted by atomic mass is 10.1. The second kappa shape index (κ2) is 9.20. The Bertz CT molecular complexity index is 1180. The molecule has 1 heterocycles. The maximum atomic E-state index is 12.9. The number of rotatable bonds is 5. The highest BCUT2D eigenvalue weighted by Crippen LogP contribution is 2.25. The molecule has 0 aliphatic carbocycles. The molecule has 0 bridgehead atoms. The van der Waals surface area contributed by atoms with Gasteiger partial charge >= 0.3 is 0 Å². The molecule has 3 aromatic carbocycles. The van der Waals surface area contributed by atoms with Gasteiger partial charge in [-0.3, -0.25) is 4.79 Å². The average Bonchev–Trinajstić information content (AvgIpc) is 2.81. The second-order valence-corrected chi connectivity index (χ2v) is 9.40. The number of carbonyl (C=O) groups is 1. The summed E-state index contributed by atoms with van der Waals surface area (Å²) in [6.45, 7) is 1.25. The van der Waals surface area contributed by atoms with Crippen molar-refractivity contribution in [1.29, 1.82) is 0 Å². The molecular weight excluding hydrogens is 436 g/mol. The van der Waals surface area contributed by atoms with Crippen molar-refractivity contribution in [3.8, 4) is 11.1 Å². The number of sulfonamides is 1. The highest BCUT2D eigenvalue weighted by atomic mass is 35.5. The van der Waals surface area contributed by atoms with Crippen LogP contribution in [0, 0.1) is 0 Å². The minimum atomic E-state index is -3.73. The lowest BCUT2D eigenvalue weighted by Gasteiger charge is -2.26. The molecule has 3 aromatic rings. The zero-order valence-electron chi connectivity index (χ0n) is 16.6. The third kappa shape index (κ3) is 4.80. The van der Waals surface area contributed by atoms with Gasteiger partial charge in [-0.1, -0.05) is 54.1 Å². The molecule has 1 saturated heterocycles. The van der Waals surface area contributed by atoms with Crippen molar-refractivity contribution < 1.29 is 17.9 Å². The van der Waals surface area contributed by atoms with Crippen LogP contribution in [0.3, 0.4) is 0 Å². The molecule has 0 unspecified atom stereocenters. The Kier molecular flexibility index (Phi) is 6.38. The molecule has 1 aliphatic heterocycles. The summed E-state index contributed by atoms with van der Waals surface area (Å²) in [7, 11) is -3.73. The van der Waals surface area contributed by atoms with Gasteiger partial charge < -0.3 is 10.1 Å². The van der Waals surface area contributed by atoms with E-state index in [1.54, 1.807) is 12.1 Å². The van der Waals surface area contributed by atoms with E-state index in [4.69, 9.17) is 16.3 Å². The molecule has 160 valence electrons. The van der Waals surface area contributed by atoms with Gasteiger partial charge in [-0.05, 0) is 41.5 Å². The van der Waals surface area contributed by atoms with E-state index in [0.29, 0.717) is 18.9 Å². The number of ether oxygens (including phenoxy) is 1. The number of nitrogens with one attached hydrogen (secondary N) is 1. The van der Waals surface area contributed by atoms with E-state index in [1.165, 1.54) is 22.5 Å². The predicted octanol–water partition coefficient (Wildman–Crippen LogP) is 4.28. The number of hydrogen-bond acceptors (Lipinski definition) is 4. The summed E-state index contributed by atoms with van der Waals surface area (Å²) >= 11 is 6.21. The predicted molar refractivity (Wildman–Crippen MR) is 121 cm³/mol. The van der Waals surface area contributed by atoms with Gasteiger partial charge in [-0.15, -0.1) is 0 Å².